The number of carbonyl (C=O) groups excluding carboxylic acids is 2. The number of benzene rings is 3. The zero-order valence-corrected chi connectivity index (χ0v) is 16.6. The molecule has 3 aromatic rings. The van der Waals surface area contributed by atoms with Crippen molar-refractivity contribution in [3.63, 3.8) is 0 Å². The van der Waals surface area contributed by atoms with Crippen LogP contribution in [0.4, 0.5) is 11.4 Å². The third-order valence-electron chi connectivity index (χ3n) is 5.19. The predicted molar refractivity (Wildman–Crippen MR) is 116 cm³/mol. The molecule has 1 fully saturated rings. The summed E-state index contributed by atoms with van der Waals surface area (Å²) in [5.74, 6) is -1.88. The van der Waals surface area contributed by atoms with Crippen LogP contribution < -0.4 is 4.90 Å². The average Bonchev–Trinajstić information content (AvgIpc) is 3.04. The highest BCUT2D eigenvalue weighted by Gasteiger charge is 2.47. The van der Waals surface area contributed by atoms with Gasteiger partial charge in [0.1, 0.15) is 5.76 Å². The molecule has 0 aliphatic carbocycles. The molecule has 1 atom stereocenters. The summed E-state index contributed by atoms with van der Waals surface area (Å²) in [6.45, 7) is 1.87. The summed E-state index contributed by atoms with van der Waals surface area (Å²) in [6, 6.07) is 20.3. The molecule has 1 aliphatic heterocycles. The Kier molecular flexibility index (Phi) is 5.09. The number of nitro groups is 1. The van der Waals surface area contributed by atoms with Crippen molar-refractivity contribution in [2.45, 2.75) is 13.0 Å². The van der Waals surface area contributed by atoms with Crippen molar-refractivity contribution in [1.82, 2.24) is 0 Å². The second-order valence-electron chi connectivity index (χ2n) is 7.22. The third-order valence-corrected chi connectivity index (χ3v) is 5.19. The summed E-state index contributed by atoms with van der Waals surface area (Å²) >= 11 is 0. The van der Waals surface area contributed by atoms with Gasteiger partial charge in [-0.05, 0) is 42.3 Å². The van der Waals surface area contributed by atoms with E-state index in [0.717, 1.165) is 5.56 Å². The first-order valence-electron chi connectivity index (χ1n) is 9.56. The van der Waals surface area contributed by atoms with E-state index in [2.05, 4.69) is 0 Å². The predicted octanol–water partition coefficient (Wildman–Crippen LogP) is 4.53. The normalized spacial score (nSPS) is 17.7. The third kappa shape index (κ3) is 3.57. The van der Waals surface area contributed by atoms with Crippen molar-refractivity contribution in [1.29, 1.82) is 0 Å². The number of nitrogens with zero attached hydrogens (tertiary/aromatic N) is 2. The topological polar surface area (TPSA) is 101 Å². The molecule has 0 radical (unpaired) electrons. The maximum Gasteiger partial charge on any atom is 0.300 e. The first-order chi connectivity index (χ1) is 14.9. The largest absolute Gasteiger partial charge is 0.507 e. The molecule has 3 aromatic carbocycles. The van der Waals surface area contributed by atoms with Gasteiger partial charge in [-0.3, -0.25) is 24.6 Å². The summed E-state index contributed by atoms with van der Waals surface area (Å²) in [7, 11) is 0. The zero-order valence-electron chi connectivity index (χ0n) is 16.6. The zero-order chi connectivity index (χ0) is 22.1. The molecule has 7 heteroatoms. The van der Waals surface area contributed by atoms with Gasteiger partial charge in [0.15, 0.2) is 0 Å². The molecular formula is C24H18N2O5. The minimum atomic E-state index is -0.928. The number of ketones is 1. The molecule has 1 N–H and O–H groups in total. The van der Waals surface area contributed by atoms with Crippen LogP contribution in [-0.2, 0) is 9.59 Å². The molecule has 0 saturated carbocycles. The Hall–Kier alpha value is -4.26. The number of hydrogen-bond acceptors (Lipinski definition) is 5. The van der Waals surface area contributed by atoms with Crippen LogP contribution in [0.3, 0.4) is 0 Å². The van der Waals surface area contributed by atoms with Gasteiger partial charge in [0.05, 0.1) is 16.5 Å². The van der Waals surface area contributed by atoms with Gasteiger partial charge < -0.3 is 5.11 Å². The van der Waals surface area contributed by atoms with Crippen LogP contribution in [0.5, 0.6) is 0 Å². The first-order valence-corrected chi connectivity index (χ1v) is 9.56. The maximum absolute atomic E-state index is 13.0. The number of nitro benzene ring substituents is 1. The van der Waals surface area contributed by atoms with Crippen LogP contribution in [0, 0.1) is 17.0 Å². The SMILES string of the molecule is Cc1cccc(N2C(=O)C(=O)C(=C(O)c3ccccc3)[C@H]2c2ccc([N+](=O)[O-])cc2)c1. The average molecular weight is 414 g/mol. The monoisotopic (exact) mass is 414 g/mol. The molecule has 1 heterocycles. The number of aliphatic hydroxyl groups excluding tert-OH is 1. The number of aliphatic hydroxyl groups is 1. The van der Waals surface area contributed by atoms with E-state index in [1.54, 1.807) is 48.5 Å². The summed E-state index contributed by atoms with van der Waals surface area (Å²) in [6.07, 6.45) is 0. The van der Waals surface area contributed by atoms with E-state index < -0.39 is 22.7 Å². The molecule has 1 amide bonds. The van der Waals surface area contributed by atoms with Crippen LogP contribution >= 0.6 is 0 Å². The van der Waals surface area contributed by atoms with Gasteiger partial charge in [0, 0.05) is 23.4 Å². The van der Waals surface area contributed by atoms with Crippen LogP contribution in [-0.4, -0.2) is 21.7 Å². The summed E-state index contributed by atoms with van der Waals surface area (Å²) in [5.41, 5.74) is 2.09. The van der Waals surface area contributed by atoms with E-state index in [9.17, 15) is 24.8 Å². The van der Waals surface area contributed by atoms with Gasteiger partial charge in [-0.25, -0.2) is 0 Å². The minimum absolute atomic E-state index is 0.0634. The molecular weight excluding hydrogens is 396 g/mol. The number of hydrogen-bond donors (Lipinski definition) is 1. The number of anilines is 1. The summed E-state index contributed by atoms with van der Waals surface area (Å²) in [5, 5.41) is 22.0. The molecule has 0 bridgehead atoms. The number of rotatable bonds is 4. The second kappa shape index (κ2) is 7.87. The number of carbonyl (C=O) groups is 2. The molecule has 1 saturated heterocycles. The number of Topliss-reactive ketones (excluding diaryl/α,β-unsaturated/α-hetero) is 1. The molecule has 0 spiro atoms. The number of aryl methyl sites for hydroxylation is 1. The van der Waals surface area contributed by atoms with Gasteiger partial charge in [-0.15, -0.1) is 0 Å². The fraction of sp³-hybridized carbons (Fsp3) is 0.0833. The smallest absolute Gasteiger partial charge is 0.300 e. The van der Waals surface area contributed by atoms with Crippen LogP contribution in [0.15, 0.2) is 84.4 Å². The van der Waals surface area contributed by atoms with Crippen molar-refractivity contribution in [3.05, 3.63) is 111 Å². The fourth-order valence-corrected chi connectivity index (χ4v) is 3.72. The highest BCUT2D eigenvalue weighted by atomic mass is 16.6. The molecule has 154 valence electrons. The van der Waals surface area contributed by atoms with Gasteiger partial charge in [0.2, 0.25) is 0 Å². The second-order valence-corrected chi connectivity index (χ2v) is 7.22. The van der Waals surface area contributed by atoms with E-state index in [1.807, 2.05) is 13.0 Å². The Morgan fingerprint density at radius 1 is 0.968 bits per heavy atom. The summed E-state index contributed by atoms with van der Waals surface area (Å²) < 4.78 is 0. The van der Waals surface area contributed by atoms with Crippen molar-refractivity contribution in [2.75, 3.05) is 4.90 Å². The number of non-ortho nitro benzene ring substituents is 1. The molecule has 0 unspecified atom stereocenters. The molecule has 31 heavy (non-hydrogen) atoms. The lowest BCUT2D eigenvalue weighted by atomic mass is 9.95. The van der Waals surface area contributed by atoms with Crippen LogP contribution in [0.25, 0.3) is 5.76 Å². The molecule has 0 aromatic heterocycles. The van der Waals surface area contributed by atoms with Gasteiger partial charge in [-0.1, -0.05) is 42.5 Å². The number of amides is 1. The van der Waals surface area contributed by atoms with Crippen molar-refractivity contribution in [3.8, 4) is 0 Å². The van der Waals surface area contributed by atoms with Crippen LogP contribution in [0.1, 0.15) is 22.7 Å². The Balaban J connectivity index is 1.94. The van der Waals surface area contributed by atoms with Crippen LogP contribution in [0.2, 0.25) is 0 Å². The minimum Gasteiger partial charge on any atom is -0.507 e. The van der Waals surface area contributed by atoms with Gasteiger partial charge in [0.25, 0.3) is 17.4 Å². The Morgan fingerprint density at radius 2 is 1.65 bits per heavy atom. The van der Waals surface area contributed by atoms with Crippen molar-refractivity contribution < 1.29 is 19.6 Å². The molecule has 4 rings (SSSR count). The van der Waals surface area contributed by atoms with E-state index in [0.29, 0.717) is 16.8 Å². The summed E-state index contributed by atoms with van der Waals surface area (Å²) in [4.78, 5) is 37.9. The lowest BCUT2D eigenvalue weighted by molar-refractivity contribution is -0.384. The Labute approximate surface area is 178 Å². The lowest BCUT2D eigenvalue weighted by Gasteiger charge is -2.25. The highest BCUT2D eigenvalue weighted by molar-refractivity contribution is 6.51. The van der Waals surface area contributed by atoms with E-state index in [-0.39, 0.29) is 17.0 Å². The molecule has 1 aliphatic rings. The van der Waals surface area contributed by atoms with Gasteiger partial charge in [-0.2, -0.15) is 0 Å². The maximum atomic E-state index is 13.0. The Morgan fingerprint density at radius 3 is 2.26 bits per heavy atom. The standard InChI is InChI=1S/C24H18N2O5/c1-15-6-5-9-19(14-15)25-21(16-10-12-18(13-11-16)26(30)31)20(23(28)24(25)29)22(27)17-7-3-2-4-8-17/h2-14,21,27H,1H3/t21-/m1/s1. The van der Waals surface area contributed by atoms with Gasteiger partial charge >= 0.3 is 0 Å². The molecule has 7 nitrogen and oxygen atoms in total. The highest BCUT2D eigenvalue weighted by Crippen LogP contribution is 2.42. The first kappa shape index (κ1) is 20.0. The quantitative estimate of drug-likeness (QED) is 0.222. The van der Waals surface area contributed by atoms with Crippen molar-refractivity contribution >= 4 is 28.8 Å². The lowest BCUT2D eigenvalue weighted by Crippen LogP contribution is -2.29. The van der Waals surface area contributed by atoms with Crippen molar-refractivity contribution in [2.24, 2.45) is 0 Å². The fourth-order valence-electron chi connectivity index (χ4n) is 3.72. The van der Waals surface area contributed by atoms with E-state index in [1.165, 1.54) is 29.2 Å². The van der Waals surface area contributed by atoms with E-state index in [4.69, 9.17) is 0 Å². The van der Waals surface area contributed by atoms with E-state index >= 15 is 0 Å². The Bertz CT molecular complexity index is 1220.